The summed E-state index contributed by atoms with van der Waals surface area (Å²) in [5.41, 5.74) is 2.23. The van der Waals surface area contributed by atoms with Crippen LogP contribution >= 0.6 is 23.2 Å². The predicted molar refractivity (Wildman–Crippen MR) is 134 cm³/mol. The minimum absolute atomic E-state index is 0.0223. The number of hydrogen-bond donors (Lipinski definition) is 2. The van der Waals surface area contributed by atoms with Gasteiger partial charge in [-0.2, -0.15) is 0 Å². The molecule has 178 valence electrons. The van der Waals surface area contributed by atoms with Gasteiger partial charge >= 0.3 is 0 Å². The molecule has 1 amide bonds. The summed E-state index contributed by atoms with van der Waals surface area (Å²) in [6.07, 6.45) is 0. The summed E-state index contributed by atoms with van der Waals surface area (Å²) in [4.78, 5) is 15.1. The van der Waals surface area contributed by atoms with Gasteiger partial charge in [0.05, 0.1) is 33.8 Å². The largest absolute Gasteiger partial charge is 0.379 e. The zero-order chi connectivity index (χ0) is 24.1. The van der Waals surface area contributed by atoms with E-state index in [-0.39, 0.29) is 26.5 Å². The SMILES string of the molecule is O=C(Nc1ccc(S(=O)(=O)Nc2cccc(Cl)c2Cl)cc1)c1cccc(CN2CCOCC2)c1. The summed E-state index contributed by atoms with van der Waals surface area (Å²) in [7, 11) is -3.89. The quantitative estimate of drug-likeness (QED) is 0.464. The number of morpholine rings is 1. The van der Waals surface area contributed by atoms with Crippen LogP contribution in [0.3, 0.4) is 0 Å². The van der Waals surface area contributed by atoms with E-state index in [2.05, 4.69) is 14.9 Å². The van der Waals surface area contributed by atoms with Crippen molar-refractivity contribution >= 4 is 50.5 Å². The second-order valence-corrected chi connectivity index (χ2v) is 10.2. The van der Waals surface area contributed by atoms with Crippen molar-refractivity contribution in [2.75, 3.05) is 36.3 Å². The molecule has 0 aromatic heterocycles. The monoisotopic (exact) mass is 519 g/mol. The Kier molecular flexibility index (Phi) is 7.75. The Balaban J connectivity index is 1.41. The third-order valence-corrected chi connectivity index (χ3v) is 7.52. The number of nitrogens with one attached hydrogen (secondary N) is 2. The van der Waals surface area contributed by atoms with Gasteiger partial charge in [-0.05, 0) is 54.1 Å². The molecule has 0 spiro atoms. The van der Waals surface area contributed by atoms with Gasteiger partial charge in [0.15, 0.2) is 0 Å². The minimum atomic E-state index is -3.89. The molecule has 4 rings (SSSR count). The second-order valence-electron chi connectivity index (χ2n) is 7.77. The van der Waals surface area contributed by atoms with Gasteiger partial charge in [0, 0.05) is 30.9 Å². The van der Waals surface area contributed by atoms with Crippen molar-refractivity contribution < 1.29 is 17.9 Å². The molecule has 0 saturated carbocycles. The molecule has 1 aliphatic heterocycles. The fourth-order valence-corrected chi connectivity index (χ4v) is 5.01. The van der Waals surface area contributed by atoms with E-state index in [0.717, 1.165) is 25.2 Å². The van der Waals surface area contributed by atoms with Crippen LogP contribution in [-0.2, 0) is 21.3 Å². The lowest BCUT2D eigenvalue weighted by molar-refractivity contribution is 0.0342. The summed E-state index contributed by atoms with van der Waals surface area (Å²) in [6, 6.07) is 18.0. The highest BCUT2D eigenvalue weighted by Gasteiger charge is 2.17. The highest BCUT2D eigenvalue weighted by Crippen LogP contribution is 2.31. The number of amides is 1. The van der Waals surface area contributed by atoms with E-state index in [9.17, 15) is 13.2 Å². The van der Waals surface area contributed by atoms with Gasteiger partial charge in [0.2, 0.25) is 0 Å². The van der Waals surface area contributed by atoms with E-state index in [4.69, 9.17) is 27.9 Å². The number of hydrogen-bond acceptors (Lipinski definition) is 5. The Labute approximate surface area is 208 Å². The van der Waals surface area contributed by atoms with Gasteiger partial charge < -0.3 is 10.1 Å². The Hall–Kier alpha value is -2.62. The first-order valence-corrected chi connectivity index (χ1v) is 12.8. The molecular weight excluding hydrogens is 497 g/mol. The number of carbonyl (C=O) groups excluding carboxylic acids is 1. The number of halogens is 2. The molecule has 3 aromatic rings. The summed E-state index contributed by atoms with van der Waals surface area (Å²) in [5, 5.41) is 3.17. The van der Waals surface area contributed by atoms with Gasteiger partial charge in [-0.1, -0.05) is 41.4 Å². The molecule has 3 aromatic carbocycles. The Morgan fingerprint density at radius 3 is 2.41 bits per heavy atom. The zero-order valence-corrected chi connectivity index (χ0v) is 20.5. The Bertz CT molecular complexity index is 1280. The van der Waals surface area contributed by atoms with E-state index in [1.54, 1.807) is 18.2 Å². The Morgan fingerprint density at radius 2 is 1.68 bits per heavy atom. The van der Waals surface area contributed by atoms with E-state index in [1.807, 2.05) is 18.2 Å². The average molecular weight is 520 g/mol. The predicted octanol–water partition coefficient (Wildman–Crippen LogP) is 4.88. The number of sulfonamides is 1. The van der Waals surface area contributed by atoms with Crippen molar-refractivity contribution in [2.24, 2.45) is 0 Å². The van der Waals surface area contributed by atoms with Crippen LogP contribution in [0, 0.1) is 0 Å². The highest BCUT2D eigenvalue weighted by molar-refractivity contribution is 7.92. The summed E-state index contributed by atoms with van der Waals surface area (Å²) in [6.45, 7) is 3.91. The molecule has 10 heteroatoms. The third-order valence-electron chi connectivity index (χ3n) is 5.32. The zero-order valence-electron chi connectivity index (χ0n) is 18.1. The molecule has 0 unspecified atom stereocenters. The van der Waals surface area contributed by atoms with Crippen LogP contribution in [0.25, 0.3) is 0 Å². The molecule has 34 heavy (non-hydrogen) atoms. The van der Waals surface area contributed by atoms with Crippen LogP contribution in [0.2, 0.25) is 10.0 Å². The molecular formula is C24H23Cl2N3O4S. The van der Waals surface area contributed by atoms with Crippen LogP contribution in [0.4, 0.5) is 11.4 Å². The van der Waals surface area contributed by atoms with E-state index in [0.29, 0.717) is 24.5 Å². The van der Waals surface area contributed by atoms with Crippen LogP contribution in [0.15, 0.2) is 71.6 Å². The lowest BCUT2D eigenvalue weighted by atomic mass is 10.1. The van der Waals surface area contributed by atoms with Crippen LogP contribution in [0.5, 0.6) is 0 Å². The summed E-state index contributed by atoms with van der Waals surface area (Å²) >= 11 is 12.0. The van der Waals surface area contributed by atoms with Crippen LogP contribution in [0.1, 0.15) is 15.9 Å². The van der Waals surface area contributed by atoms with Crippen LogP contribution < -0.4 is 10.0 Å². The highest BCUT2D eigenvalue weighted by atomic mass is 35.5. The molecule has 1 aliphatic rings. The average Bonchev–Trinajstić information content (AvgIpc) is 2.83. The maximum atomic E-state index is 12.7. The van der Waals surface area contributed by atoms with Crippen molar-refractivity contribution in [3.05, 3.63) is 87.9 Å². The Morgan fingerprint density at radius 1 is 0.971 bits per heavy atom. The summed E-state index contributed by atoms with van der Waals surface area (Å²) < 4.78 is 33.2. The molecule has 1 saturated heterocycles. The molecule has 2 N–H and O–H groups in total. The number of rotatable bonds is 7. The van der Waals surface area contributed by atoms with E-state index >= 15 is 0 Å². The lowest BCUT2D eigenvalue weighted by Crippen LogP contribution is -2.35. The van der Waals surface area contributed by atoms with Gasteiger partial charge in [-0.25, -0.2) is 8.42 Å². The number of carbonyl (C=O) groups is 1. The molecule has 1 fully saturated rings. The van der Waals surface area contributed by atoms with Crippen molar-refractivity contribution in [3.8, 4) is 0 Å². The number of nitrogens with zero attached hydrogens (tertiary/aromatic N) is 1. The van der Waals surface area contributed by atoms with Crippen molar-refractivity contribution in [1.82, 2.24) is 4.90 Å². The normalized spacial score (nSPS) is 14.5. The fraction of sp³-hybridized carbons (Fsp3) is 0.208. The second kappa shape index (κ2) is 10.8. The molecule has 1 heterocycles. The number of anilines is 2. The topological polar surface area (TPSA) is 87.7 Å². The maximum Gasteiger partial charge on any atom is 0.261 e. The molecule has 0 aliphatic carbocycles. The lowest BCUT2D eigenvalue weighted by Gasteiger charge is -2.26. The van der Waals surface area contributed by atoms with Crippen LogP contribution in [-0.4, -0.2) is 45.5 Å². The summed E-state index contributed by atoms with van der Waals surface area (Å²) in [5.74, 6) is -0.275. The smallest absolute Gasteiger partial charge is 0.261 e. The van der Waals surface area contributed by atoms with Crippen molar-refractivity contribution in [2.45, 2.75) is 11.4 Å². The molecule has 7 nitrogen and oxygen atoms in total. The van der Waals surface area contributed by atoms with E-state index < -0.39 is 10.0 Å². The number of ether oxygens (including phenoxy) is 1. The molecule has 0 bridgehead atoms. The fourth-order valence-electron chi connectivity index (χ4n) is 3.54. The van der Waals surface area contributed by atoms with Gasteiger partial charge in [-0.15, -0.1) is 0 Å². The van der Waals surface area contributed by atoms with E-state index in [1.165, 1.54) is 30.3 Å². The van der Waals surface area contributed by atoms with Crippen molar-refractivity contribution in [3.63, 3.8) is 0 Å². The maximum absolute atomic E-state index is 12.7. The van der Waals surface area contributed by atoms with Crippen molar-refractivity contribution in [1.29, 1.82) is 0 Å². The number of benzene rings is 3. The van der Waals surface area contributed by atoms with Gasteiger partial charge in [-0.3, -0.25) is 14.4 Å². The third kappa shape index (κ3) is 6.08. The minimum Gasteiger partial charge on any atom is -0.379 e. The first-order valence-electron chi connectivity index (χ1n) is 10.6. The molecule has 0 radical (unpaired) electrons. The van der Waals surface area contributed by atoms with Gasteiger partial charge in [0.25, 0.3) is 15.9 Å². The first-order chi connectivity index (χ1) is 16.3. The first kappa shape index (κ1) is 24.5. The molecule has 0 atom stereocenters. The van der Waals surface area contributed by atoms with Gasteiger partial charge in [0.1, 0.15) is 0 Å². The standard InChI is InChI=1S/C24H23Cl2N3O4S/c25-21-5-2-6-22(23(21)26)28-34(31,32)20-9-7-19(8-10-20)27-24(30)18-4-1-3-17(15-18)16-29-11-13-33-14-12-29/h1-10,15,28H,11-14,16H2,(H,27,30).